The van der Waals surface area contributed by atoms with Crippen LogP contribution in [0.25, 0.3) is 0 Å². The van der Waals surface area contributed by atoms with E-state index in [0.29, 0.717) is 18.4 Å². The van der Waals surface area contributed by atoms with E-state index in [1.165, 1.54) is 18.2 Å². The fraction of sp³-hybridized carbons (Fsp3) is 0.696. The van der Waals surface area contributed by atoms with E-state index in [1.807, 2.05) is 0 Å². The third-order valence-corrected chi connectivity index (χ3v) is 8.69. The van der Waals surface area contributed by atoms with Crippen LogP contribution in [0.15, 0.2) is 23.8 Å². The van der Waals surface area contributed by atoms with E-state index in [2.05, 4.69) is 0 Å². The van der Waals surface area contributed by atoms with Gasteiger partial charge < -0.3 is 20.1 Å². The molecule has 2 unspecified atom stereocenters. The normalized spacial score (nSPS) is 48.4. The molecule has 31 heavy (non-hydrogen) atoms. The lowest BCUT2D eigenvalue weighted by atomic mass is 9.44. The Morgan fingerprint density at radius 3 is 2.55 bits per heavy atom. The SMILES string of the molecule is CC(=O)OCC(=O)[C@@]1(O)C(O)C[C@H]2[C@@H]3CCC4=CC(=O)C=C[C@]4(C)[C@@]3(F)C(O)C[C@@]21C. The zero-order valence-corrected chi connectivity index (χ0v) is 17.9. The summed E-state index contributed by atoms with van der Waals surface area (Å²) in [5.41, 5.74) is -6.28. The lowest BCUT2D eigenvalue weighted by Gasteiger charge is -2.62. The van der Waals surface area contributed by atoms with Crippen LogP contribution in [0, 0.1) is 22.7 Å². The second kappa shape index (κ2) is 6.80. The van der Waals surface area contributed by atoms with E-state index >= 15 is 4.39 Å². The van der Waals surface area contributed by atoms with Gasteiger partial charge in [0.15, 0.2) is 23.7 Å². The largest absolute Gasteiger partial charge is 0.458 e. The highest BCUT2D eigenvalue weighted by atomic mass is 19.1. The van der Waals surface area contributed by atoms with E-state index in [1.54, 1.807) is 13.8 Å². The quantitative estimate of drug-likeness (QED) is 0.568. The van der Waals surface area contributed by atoms with E-state index in [4.69, 9.17) is 4.74 Å². The van der Waals surface area contributed by atoms with Gasteiger partial charge >= 0.3 is 5.97 Å². The minimum absolute atomic E-state index is 0.0142. The molecule has 0 spiro atoms. The van der Waals surface area contributed by atoms with E-state index in [0.717, 1.165) is 6.92 Å². The lowest BCUT2D eigenvalue weighted by molar-refractivity contribution is -0.222. The van der Waals surface area contributed by atoms with E-state index in [-0.39, 0.29) is 18.6 Å². The van der Waals surface area contributed by atoms with Gasteiger partial charge in [0, 0.05) is 23.7 Å². The van der Waals surface area contributed by atoms with Crippen molar-refractivity contribution in [3.8, 4) is 0 Å². The molecule has 3 fully saturated rings. The molecule has 4 aliphatic rings. The van der Waals surface area contributed by atoms with E-state index in [9.17, 15) is 29.7 Å². The van der Waals surface area contributed by atoms with Crippen molar-refractivity contribution in [2.24, 2.45) is 22.7 Å². The van der Waals surface area contributed by atoms with Gasteiger partial charge in [-0.2, -0.15) is 0 Å². The molecule has 0 aliphatic heterocycles. The van der Waals surface area contributed by atoms with Crippen LogP contribution in [0.5, 0.6) is 0 Å². The summed E-state index contributed by atoms with van der Waals surface area (Å²) in [6.07, 6.45) is 1.74. The molecule has 0 aromatic heterocycles. The van der Waals surface area contributed by atoms with Gasteiger partial charge in [-0.1, -0.05) is 18.6 Å². The van der Waals surface area contributed by atoms with Gasteiger partial charge in [0.05, 0.1) is 12.2 Å². The Labute approximate surface area is 180 Å². The Morgan fingerprint density at radius 2 is 1.90 bits per heavy atom. The summed E-state index contributed by atoms with van der Waals surface area (Å²) in [6, 6.07) is 0. The van der Waals surface area contributed by atoms with Gasteiger partial charge in [0.1, 0.15) is 0 Å². The summed E-state index contributed by atoms with van der Waals surface area (Å²) in [4.78, 5) is 35.9. The average molecular weight is 436 g/mol. The van der Waals surface area contributed by atoms with Gasteiger partial charge in [-0.25, -0.2) is 4.39 Å². The number of ether oxygens (including phenoxy) is 1. The second-order valence-electron chi connectivity index (χ2n) is 9.99. The van der Waals surface area contributed by atoms with Gasteiger partial charge in [-0.3, -0.25) is 14.4 Å². The number of aliphatic hydroxyl groups is 3. The average Bonchev–Trinajstić information content (AvgIpc) is 2.89. The first kappa shape index (κ1) is 22.3. The molecule has 4 aliphatic carbocycles. The van der Waals surface area contributed by atoms with Crippen molar-refractivity contribution in [1.29, 1.82) is 0 Å². The summed E-state index contributed by atoms with van der Waals surface area (Å²) in [7, 11) is 0. The first-order chi connectivity index (χ1) is 14.3. The predicted molar refractivity (Wildman–Crippen MR) is 106 cm³/mol. The summed E-state index contributed by atoms with van der Waals surface area (Å²) in [6.45, 7) is 3.69. The fourth-order valence-electron chi connectivity index (χ4n) is 7.01. The second-order valence-corrected chi connectivity index (χ2v) is 9.99. The molecule has 0 amide bonds. The number of hydrogen-bond acceptors (Lipinski definition) is 7. The van der Waals surface area contributed by atoms with Crippen molar-refractivity contribution in [2.45, 2.75) is 69.9 Å². The first-order valence-corrected chi connectivity index (χ1v) is 10.7. The van der Waals surface area contributed by atoms with Crippen molar-refractivity contribution in [3.63, 3.8) is 0 Å². The van der Waals surface area contributed by atoms with Crippen molar-refractivity contribution in [2.75, 3.05) is 6.61 Å². The maximum Gasteiger partial charge on any atom is 0.303 e. The predicted octanol–water partition coefficient (Wildman–Crippen LogP) is 1.19. The van der Waals surface area contributed by atoms with Crippen molar-refractivity contribution in [1.82, 2.24) is 0 Å². The van der Waals surface area contributed by atoms with Crippen molar-refractivity contribution >= 4 is 17.5 Å². The molecule has 0 aromatic rings. The maximum atomic E-state index is 16.9. The first-order valence-electron chi connectivity index (χ1n) is 10.7. The zero-order valence-electron chi connectivity index (χ0n) is 17.9. The number of allylic oxidation sites excluding steroid dienone is 4. The molecular weight excluding hydrogens is 407 g/mol. The fourth-order valence-corrected chi connectivity index (χ4v) is 7.01. The number of carbonyl (C=O) groups is 3. The molecule has 0 saturated heterocycles. The Morgan fingerprint density at radius 1 is 1.23 bits per heavy atom. The molecule has 170 valence electrons. The number of alkyl halides is 1. The lowest BCUT2D eigenvalue weighted by Crippen LogP contribution is -2.69. The number of carbonyl (C=O) groups excluding carboxylic acids is 3. The number of hydrogen-bond donors (Lipinski definition) is 3. The number of aliphatic hydroxyl groups excluding tert-OH is 2. The molecule has 3 N–H and O–H groups in total. The highest BCUT2D eigenvalue weighted by molar-refractivity contribution is 6.01. The highest BCUT2D eigenvalue weighted by Gasteiger charge is 2.76. The molecule has 4 rings (SSSR count). The van der Waals surface area contributed by atoms with Crippen LogP contribution in [-0.2, 0) is 19.1 Å². The smallest absolute Gasteiger partial charge is 0.303 e. The minimum atomic E-state index is -2.27. The zero-order chi connectivity index (χ0) is 23.0. The van der Waals surface area contributed by atoms with Crippen LogP contribution < -0.4 is 0 Å². The third kappa shape index (κ3) is 2.64. The van der Waals surface area contributed by atoms with Crippen LogP contribution >= 0.6 is 0 Å². The topological polar surface area (TPSA) is 121 Å². The maximum absolute atomic E-state index is 16.9. The minimum Gasteiger partial charge on any atom is -0.458 e. The van der Waals surface area contributed by atoms with Crippen LogP contribution in [0.4, 0.5) is 4.39 Å². The molecule has 0 bridgehead atoms. The van der Waals surface area contributed by atoms with Crippen molar-refractivity contribution in [3.05, 3.63) is 23.8 Å². The van der Waals surface area contributed by atoms with Crippen LogP contribution in [0.2, 0.25) is 0 Å². The molecule has 0 aromatic carbocycles. The molecule has 0 heterocycles. The number of halogens is 1. The molecule has 7 nitrogen and oxygen atoms in total. The number of fused-ring (bicyclic) bond motifs is 5. The highest BCUT2D eigenvalue weighted by Crippen LogP contribution is 2.69. The van der Waals surface area contributed by atoms with Gasteiger partial charge in [-0.15, -0.1) is 0 Å². The van der Waals surface area contributed by atoms with Crippen LogP contribution in [-0.4, -0.2) is 62.9 Å². The third-order valence-electron chi connectivity index (χ3n) is 8.69. The van der Waals surface area contributed by atoms with Gasteiger partial charge in [0.2, 0.25) is 5.78 Å². The molecule has 8 atom stereocenters. The van der Waals surface area contributed by atoms with Gasteiger partial charge in [0.25, 0.3) is 0 Å². The summed E-state index contributed by atoms with van der Waals surface area (Å²) < 4.78 is 21.7. The Hall–Kier alpha value is -1.90. The number of ketones is 2. The Kier molecular flexibility index (Phi) is 4.89. The molecule has 3 saturated carbocycles. The van der Waals surface area contributed by atoms with E-state index < -0.39 is 64.5 Å². The van der Waals surface area contributed by atoms with Crippen molar-refractivity contribution < 1.29 is 38.8 Å². The summed E-state index contributed by atoms with van der Waals surface area (Å²) >= 11 is 0. The summed E-state index contributed by atoms with van der Waals surface area (Å²) in [5, 5.41) is 33.4. The van der Waals surface area contributed by atoms with Gasteiger partial charge in [-0.05, 0) is 50.7 Å². The number of esters is 1. The monoisotopic (exact) mass is 436 g/mol. The molecule has 8 heteroatoms. The summed E-state index contributed by atoms with van der Waals surface area (Å²) in [5.74, 6) is -3.11. The van der Waals surface area contributed by atoms with Crippen LogP contribution in [0.3, 0.4) is 0 Å². The number of rotatable bonds is 3. The van der Waals surface area contributed by atoms with Crippen LogP contribution in [0.1, 0.15) is 46.5 Å². The molecular formula is C23H29FO7. The Balaban J connectivity index is 1.76. The molecule has 0 radical (unpaired) electrons. The standard InChI is InChI=1S/C23H29FO7/c1-12(25)31-11-19(29)23(30)17(27)9-16-15-5-4-13-8-14(26)6-7-20(13,2)22(15,24)18(28)10-21(16,23)3/h6-8,15-18,27-28,30H,4-5,9-11H2,1-3H3/t15-,16-,17?,18?,20-,21-,22-,23-/m0/s1. The Bertz CT molecular complexity index is 912. The number of Topliss-reactive ketones (excluding diaryl/α,β-unsaturated/α-hetero) is 1.